The van der Waals surface area contributed by atoms with Crippen molar-refractivity contribution in [3.8, 4) is 0 Å². The molecule has 1 saturated heterocycles. The number of nitrogens with one attached hydrogen (secondary N) is 1. The van der Waals surface area contributed by atoms with Crippen LogP contribution < -0.4 is 5.32 Å². The highest BCUT2D eigenvalue weighted by Gasteiger charge is 2.40. The lowest BCUT2D eigenvalue weighted by Gasteiger charge is -2.31. The van der Waals surface area contributed by atoms with Crippen molar-refractivity contribution in [2.75, 3.05) is 26.7 Å². The van der Waals surface area contributed by atoms with E-state index in [4.69, 9.17) is 4.74 Å². The Hall–Kier alpha value is -0.610. The minimum Gasteiger partial charge on any atom is -0.377 e. The summed E-state index contributed by atoms with van der Waals surface area (Å²) in [4.78, 5) is 14.2. The van der Waals surface area contributed by atoms with Gasteiger partial charge in [0.1, 0.15) is 0 Å². The third kappa shape index (κ3) is 3.68. The van der Waals surface area contributed by atoms with E-state index in [-0.39, 0.29) is 17.6 Å². The van der Waals surface area contributed by atoms with Crippen LogP contribution in [0.5, 0.6) is 0 Å². The van der Waals surface area contributed by atoms with Crippen LogP contribution in [0.4, 0.5) is 0 Å². The number of rotatable bonds is 6. The molecule has 1 atom stereocenters. The van der Waals surface area contributed by atoms with E-state index in [2.05, 4.69) is 12.2 Å². The van der Waals surface area contributed by atoms with E-state index in [0.717, 1.165) is 25.8 Å². The first-order chi connectivity index (χ1) is 8.02. The van der Waals surface area contributed by atoms with Gasteiger partial charge in [-0.15, -0.1) is 0 Å². The molecule has 100 valence electrons. The number of likely N-dealkylation sites (N-methyl/N-ethyl adjacent to an activating group) is 1. The minimum absolute atomic E-state index is 0.213. The fourth-order valence-electron chi connectivity index (χ4n) is 2.33. The summed E-state index contributed by atoms with van der Waals surface area (Å²) in [5.74, 6) is 0.213. The van der Waals surface area contributed by atoms with E-state index in [9.17, 15) is 4.79 Å². The van der Waals surface area contributed by atoms with Crippen LogP contribution >= 0.6 is 0 Å². The summed E-state index contributed by atoms with van der Waals surface area (Å²) in [5.41, 5.74) is -0.313. The molecule has 1 heterocycles. The number of hydrogen-bond acceptors (Lipinski definition) is 3. The Kier molecular flexibility index (Phi) is 5.40. The number of nitrogens with zero attached hydrogens (tertiary/aromatic N) is 1. The van der Waals surface area contributed by atoms with Crippen molar-refractivity contribution >= 4 is 5.91 Å². The topological polar surface area (TPSA) is 41.6 Å². The van der Waals surface area contributed by atoms with Gasteiger partial charge in [-0.2, -0.15) is 0 Å². The summed E-state index contributed by atoms with van der Waals surface area (Å²) >= 11 is 0. The highest BCUT2D eigenvalue weighted by atomic mass is 16.5. The summed E-state index contributed by atoms with van der Waals surface area (Å²) in [5, 5.41) is 3.37. The van der Waals surface area contributed by atoms with Crippen molar-refractivity contribution in [2.45, 2.75) is 51.7 Å². The zero-order valence-electron chi connectivity index (χ0n) is 11.6. The fraction of sp³-hybridized carbons (Fsp3) is 0.923. The average Bonchev–Trinajstić information content (AvgIpc) is 2.77. The largest absolute Gasteiger partial charge is 0.377 e. The standard InChI is InChI=1S/C13H26N2O2/c1-5-13(7-6-8-14-13)12(16)15(4)9-10-17-11(2)3/h11,14H,5-10H2,1-4H3. The third-order valence-corrected chi connectivity index (χ3v) is 3.48. The van der Waals surface area contributed by atoms with Gasteiger partial charge < -0.3 is 15.0 Å². The van der Waals surface area contributed by atoms with Crippen LogP contribution in [0.15, 0.2) is 0 Å². The van der Waals surface area contributed by atoms with Crippen LogP contribution in [0, 0.1) is 0 Å². The van der Waals surface area contributed by atoms with Crippen LogP contribution in [-0.2, 0) is 9.53 Å². The molecule has 0 aromatic carbocycles. The minimum atomic E-state index is -0.313. The molecule has 1 unspecified atom stereocenters. The summed E-state index contributed by atoms with van der Waals surface area (Å²) in [6.45, 7) is 8.33. The molecule has 0 radical (unpaired) electrons. The van der Waals surface area contributed by atoms with E-state index in [1.807, 2.05) is 20.9 Å². The van der Waals surface area contributed by atoms with Crippen LogP contribution in [-0.4, -0.2) is 49.2 Å². The van der Waals surface area contributed by atoms with E-state index >= 15 is 0 Å². The average molecular weight is 242 g/mol. The van der Waals surface area contributed by atoms with Crippen LogP contribution in [0.3, 0.4) is 0 Å². The number of hydrogen-bond donors (Lipinski definition) is 1. The van der Waals surface area contributed by atoms with Gasteiger partial charge in [0.2, 0.25) is 5.91 Å². The first kappa shape index (κ1) is 14.5. The fourth-order valence-corrected chi connectivity index (χ4v) is 2.33. The van der Waals surface area contributed by atoms with Crippen molar-refractivity contribution in [3.05, 3.63) is 0 Å². The maximum atomic E-state index is 12.4. The number of ether oxygens (including phenoxy) is 1. The summed E-state index contributed by atoms with van der Waals surface area (Å²) in [6, 6.07) is 0. The molecule has 1 fully saturated rings. The van der Waals surface area contributed by atoms with Gasteiger partial charge in [0.15, 0.2) is 0 Å². The van der Waals surface area contributed by atoms with Crippen molar-refractivity contribution < 1.29 is 9.53 Å². The van der Waals surface area contributed by atoms with Gasteiger partial charge in [0.25, 0.3) is 0 Å². The molecule has 0 saturated carbocycles. The lowest BCUT2D eigenvalue weighted by atomic mass is 9.92. The molecule has 1 aliphatic heterocycles. The Morgan fingerprint density at radius 3 is 2.71 bits per heavy atom. The van der Waals surface area contributed by atoms with Gasteiger partial charge in [0, 0.05) is 13.6 Å². The quantitative estimate of drug-likeness (QED) is 0.765. The van der Waals surface area contributed by atoms with Crippen LogP contribution in [0.2, 0.25) is 0 Å². The summed E-state index contributed by atoms with van der Waals surface area (Å²) in [6.07, 6.45) is 3.14. The molecular weight excluding hydrogens is 216 g/mol. The Balaban J connectivity index is 2.44. The summed E-state index contributed by atoms with van der Waals surface area (Å²) < 4.78 is 5.48. The Bertz CT molecular complexity index is 248. The van der Waals surface area contributed by atoms with E-state index < -0.39 is 0 Å². The molecule has 17 heavy (non-hydrogen) atoms. The lowest BCUT2D eigenvalue weighted by molar-refractivity contribution is -0.137. The molecule has 1 amide bonds. The van der Waals surface area contributed by atoms with Gasteiger partial charge in [0.05, 0.1) is 18.2 Å². The van der Waals surface area contributed by atoms with Crippen molar-refractivity contribution in [3.63, 3.8) is 0 Å². The van der Waals surface area contributed by atoms with Gasteiger partial charge in [-0.1, -0.05) is 6.92 Å². The van der Waals surface area contributed by atoms with E-state index in [1.54, 1.807) is 4.90 Å². The first-order valence-electron chi connectivity index (χ1n) is 6.64. The van der Waals surface area contributed by atoms with Gasteiger partial charge in [-0.3, -0.25) is 4.79 Å². The molecule has 4 heteroatoms. The van der Waals surface area contributed by atoms with Crippen molar-refractivity contribution in [1.82, 2.24) is 10.2 Å². The monoisotopic (exact) mass is 242 g/mol. The highest BCUT2D eigenvalue weighted by Crippen LogP contribution is 2.24. The smallest absolute Gasteiger partial charge is 0.242 e. The number of carbonyl (C=O) groups excluding carboxylic acids is 1. The highest BCUT2D eigenvalue weighted by molar-refractivity contribution is 5.86. The zero-order chi connectivity index (χ0) is 12.9. The van der Waals surface area contributed by atoms with Gasteiger partial charge in [-0.05, 0) is 39.7 Å². The van der Waals surface area contributed by atoms with E-state index in [1.165, 1.54) is 0 Å². The molecule has 0 aromatic heterocycles. The number of carbonyl (C=O) groups is 1. The van der Waals surface area contributed by atoms with Crippen LogP contribution in [0.1, 0.15) is 40.0 Å². The Morgan fingerprint density at radius 1 is 1.53 bits per heavy atom. The van der Waals surface area contributed by atoms with Crippen molar-refractivity contribution in [1.29, 1.82) is 0 Å². The lowest BCUT2D eigenvalue weighted by Crippen LogP contribution is -2.54. The van der Waals surface area contributed by atoms with Crippen molar-refractivity contribution in [2.24, 2.45) is 0 Å². The Labute approximate surface area is 105 Å². The van der Waals surface area contributed by atoms with E-state index in [0.29, 0.717) is 13.2 Å². The normalized spacial score (nSPS) is 24.3. The molecule has 4 nitrogen and oxygen atoms in total. The van der Waals surface area contributed by atoms with Gasteiger partial charge in [-0.25, -0.2) is 0 Å². The molecule has 1 N–H and O–H groups in total. The third-order valence-electron chi connectivity index (χ3n) is 3.48. The number of amides is 1. The molecule has 0 spiro atoms. The Morgan fingerprint density at radius 2 is 2.24 bits per heavy atom. The first-order valence-corrected chi connectivity index (χ1v) is 6.64. The second-order valence-corrected chi connectivity index (χ2v) is 5.11. The predicted octanol–water partition coefficient (Wildman–Crippen LogP) is 1.40. The zero-order valence-corrected chi connectivity index (χ0v) is 11.6. The van der Waals surface area contributed by atoms with Crippen LogP contribution in [0.25, 0.3) is 0 Å². The molecule has 0 bridgehead atoms. The predicted molar refractivity (Wildman–Crippen MR) is 69.0 cm³/mol. The van der Waals surface area contributed by atoms with Gasteiger partial charge >= 0.3 is 0 Å². The molecule has 0 aliphatic carbocycles. The molecular formula is C13H26N2O2. The molecule has 1 rings (SSSR count). The summed E-state index contributed by atoms with van der Waals surface area (Å²) in [7, 11) is 1.86. The molecule has 1 aliphatic rings. The second-order valence-electron chi connectivity index (χ2n) is 5.11. The SMILES string of the molecule is CCC1(C(=O)N(C)CCOC(C)C)CCCN1. The maximum Gasteiger partial charge on any atom is 0.242 e. The maximum absolute atomic E-state index is 12.4. The molecule has 0 aromatic rings. The second kappa shape index (κ2) is 6.36.